The molecule has 0 aliphatic carbocycles. The number of aromatic hydroxyl groups is 1. The van der Waals surface area contributed by atoms with Crippen molar-refractivity contribution < 1.29 is 5.11 Å². The summed E-state index contributed by atoms with van der Waals surface area (Å²) in [5, 5.41) is 21.4. The van der Waals surface area contributed by atoms with Crippen molar-refractivity contribution >= 4 is 5.69 Å². The summed E-state index contributed by atoms with van der Waals surface area (Å²) in [5.74, 6) is 0.262. The van der Waals surface area contributed by atoms with Crippen LogP contribution in [0.2, 0.25) is 0 Å². The number of rotatable bonds is 3. The van der Waals surface area contributed by atoms with Gasteiger partial charge in [0.05, 0.1) is 6.07 Å². The second-order valence-electron chi connectivity index (χ2n) is 4.99. The highest BCUT2D eigenvalue weighted by molar-refractivity contribution is 5.66. The zero-order valence-electron chi connectivity index (χ0n) is 13.0. The van der Waals surface area contributed by atoms with Crippen LogP contribution in [-0.2, 0) is 0 Å². The molecule has 2 aromatic carbocycles. The summed E-state index contributed by atoms with van der Waals surface area (Å²) in [6, 6.07) is 17.1. The first-order chi connectivity index (χ1) is 10.00. The number of hydrogen-bond acceptors (Lipinski definition) is 3. The molecule has 0 heterocycles. The summed E-state index contributed by atoms with van der Waals surface area (Å²) < 4.78 is 0. The number of hydrogen-bond donors (Lipinski definition) is 2. The third-order valence-electron chi connectivity index (χ3n) is 2.82. The fraction of sp³-hybridized carbons (Fsp3) is 0.278. The highest BCUT2D eigenvalue weighted by Gasteiger charge is 2.15. The lowest BCUT2D eigenvalue weighted by atomic mass is 10.0. The molecule has 21 heavy (non-hydrogen) atoms. The number of phenolic OH excluding ortho intramolecular Hbond substituents is 1. The van der Waals surface area contributed by atoms with E-state index in [0.29, 0.717) is 0 Å². The summed E-state index contributed by atoms with van der Waals surface area (Å²) >= 11 is 0. The van der Waals surface area contributed by atoms with Crippen LogP contribution in [0.1, 0.15) is 27.7 Å². The Morgan fingerprint density at radius 3 is 1.76 bits per heavy atom. The van der Waals surface area contributed by atoms with Crippen LogP contribution in [0.4, 0.5) is 5.69 Å². The molecule has 0 saturated heterocycles. The normalized spacial score (nSPS) is 10.0. The second kappa shape index (κ2) is 7.35. The van der Waals surface area contributed by atoms with Gasteiger partial charge in [-0.2, -0.15) is 5.26 Å². The van der Waals surface area contributed by atoms with Crippen molar-refractivity contribution in [2.24, 2.45) is 0 Å². The van der Waals surface area contributed by atoms with Crippen molar-refractivity contribution in [1.29, 1.82) is 5.26 Å². The zero-order chi connectivity index (χ0) is 15.9. The van der Waals surface area contributed by atoms with E-state index < -0.39 is 5.54 Å². The molecule has 0 aliphatic rings. The number of benzene rings is 2. The van der Waals surface area contributed by atoms with E-state index in [1.165, 1.54) is 0 Å². The van der Waals surface area contributed by atoms with Crippen molar-refractivity contribution in [1.82, 2.24) is 0 Å². The summed E-state index contributed by atoms with van der Waals surface area (Å²) in [4.78, 5) is 0. The highest BCUT2D eigenvalue weighted by Crippen LogP contribution is 2.24. The number of anilines is 1. The molecule has 0 unspecified atom stereocenters. The topological polar surface area (TPSA) is 56.0 Å². The molecular weight excluding hydrogens is 260 g/mol. The predicted molar refractivity (Wildman–Crippen MR) is 88.2 cm³/mol. The first kappa shape index (κ1) is 16.6. The Morgan fingerprint density at radius 1 is 0.905 bits per heavy atom. The van der Waals surface area contributed by atoms with Crippen molar-refractivity contribution in [2.75, 3.05) is 5.32 Å². The van der Waals surface area contributed by atoms with E-state index >= 15 is 0 Å². The Bertz CT molecular complexity index is 593. The Labute approximate surface area is 126 Å². The van der Waals surface area contributed by atoms with Gasteiger partial charge < -0.3 is 10.4 Å². The van der Waals surface area contributed by atoms with Gasteiger partial charge in [0.15, 0.2) is 0 Å². The van der Waals surface area contributed by atoms with Gasteiger partial charge >= 0.3 is 0 Å². The Kier molecular flexibility index (Phi) is 5.80. The maximum absolute atomic E-state index is 9.26. The molecule has 3 heteroatoms. The van der Waals surface area contributed by atoms with Gasteiger partial charge in [-0.1, -0.05) is 38.1 Å². The van der Waals surface area contributed by atoms with Gasteiger partial charge in [0.25, 0.3) is 0 Å². The lowest BCUT2D eigenvalue weighted by Crippen LogP contribution is -2.28. The van der Waals surface area contributed by atoms with Gasteiger partial charge in [-0.25, -0.2) is 0 Å². The fourth-order valence-electron chi connectivity index (χ4n) is 1.79. The number of nitrogens with one attached hydrogen (secondary N) is 1. The molecule has 0 spiro atoms. The Morgan fingerprint density at radius 2 is 1.33 bits per heavy atom. The minimum atomic E-state index is -0.583. The first-order valence-electron chi connectivity index (χ1n) is 7.09. The highest BCUT2D eigenvalue weighted by atomic mass is 16.3. The molecule has 2 N–H and O–H groups in total. The lowest BCUT2D eigenvalue weighted by molar-refractivity contribution is 0.475. The Balaban J connectivity index is 0.00000106. The lowest BCUT2D eigenvalue weighted by Gasteiger charge is -2.19. The molecule has 0 aromatic heterocycles. The first-order valence-corrected chi connectivity index (χ1v) is 7.09. The van der Waals surface area contributed by atoms with Gasteiger partial charge in [-0.05, 0) is 49.2 Å². The fourth-order valence-corrected chi connectivity index (χ4v) is 1.79. The maximum Gasteiger partial charge on any atom is 0.119 e. The van der Waals surface area contributed by atoms with E-state index in [4.69, 9.17) is 5.26 Å². The predicted octanol–water partition coefficient (Wildman–Crippen LogP) is 4.80. The third kappa shape index (κ3) is 4.85. The van der Waals surface area contributed by atoms with Gasteiger partial charge in [-0.15, -0.1) is 0 Å². The second-order valence-corrected chi connectivity index (χ2v) is 4.99. The standard InChI is InChI=1S/C16H16N2O.C2H6/c1-16(2,11-17)18-14-7-3-12(4-8-14)13-5-9-15(19)10-6-13;1-2/h3-10,18-19H,1-2H3;1-2H3. The molecule has 0 bridgehead atoms. The van der Waals surface area contributed by atoms with E-state index in [1.807, 2.05) is 64.1 Å². The van der Waals surface area contributed by atoms with Gasteiger partial charge in [-0.3, -0.25) is 0 Å². The van der Waals surface area contributed by atoms with Crippen LogP contribution in [0.15, 0.2) is 48.5 Å². The third-order valence-corrected chi connectivity index (χ3v) is 2.82. The van der Waals surface area contributed by atoms with E-state index in [0.717, 1.165) is 16.8 Å². The summed E-state index contributed by atoms with van der Waals surface area (Å²) in [6.07, 6.45) is 0. The average molecular weight is 282 g/mol. The molecular formula is C18H22N2O. The van der Waals surface area contributed by atoms with E-state index in [-0.39, 0.29) is 5.75 Å². The van der Waals surface area contributed by atoms with Crippen molar-refractivity contribution in [3.8, 4) is 22.9 Å². The minimum Gasteiger partial charge on any atom is -0.508 e. The molecule has 0 fully saturated rings. The molecule has 0 amide bonds. The maximum atomic E-state index is 9.26. The van der Waals surface area contributed by atoms with Crippen LogP contribution in [0.3, 0.4) is 0 Å². The molecule has 0 atom stereocenters. The van der Waals surface area contributed by atoms with Gasteiger partial charge in [0.1, 0.15) is 11.3 Å². The van der Waals surface area contributed by atoms with Gasteiger partial charge in [0, 0.05) is 5.69 Å². The van der Waals surface area contributed by atoms with Crippen molar-refractivity contribution in [2.45, 2.75) is 33.2 Å². The molecule has 2 aromatic rings. The minimum absolute atomic E-state index is 0.262. The quantitative estimate of drug-likeness (QED) is 0.850. The summed E-state index contributed by atoms with van der Waals surface area (Å²) in [6.45, 7) is 7.67. The molecule has 2 rings (SSSR count). The number of phenols is 1. The smallest absolute Gasteiger partial charge is 0.119 e. The van der Waals surface area contributed by atoms with Crippen LogP contribution >= 0.6 is 0 Å². The molecule has 110 valence electrons. The van der Waals surface area contributed by atoms with E-state index in [2.05, 4.69) is 11.4 Å². The van der Waals surface area contributed by atoms with Crippen molar-refractivity contribution in [3.63, 3.8) is 0 Å². The van der Waals surface area contributed by atoms with Crippen LogP contribution in [0.25, 0.3) is 11.1 Å². The molecule has 0 radical (unpaired) electrons. The molecule has 0 aliphatic heterocycles. The van der Waals surface area contributed by atoms with Crippen LogP contribution in [0.5, 0.6) is 5.75 Å². The zero-order valence-corrected chi connectivity index (χ0v) is 13.0. The van der Waals surface area contributed by atoms with Crippen molar-refractivity contribution in [3.05, 3.63) is 48.5 Å². The Hall–Kier alpha value is -2.47. The number of nitrogens with zero attached hydrogens (tertiary/aromatic N) is 1. The average Bonchev–Trinajstić information content (AvgIpc) is 2.51. The SMILES string of the molecule is CC.CC(C)(C#N)Nc1ccc(-c2ccc(O)cc2)cc1. The van der Waals surface area contributed by atoms with Crippen LogP contribution < -0.4 is 5.32 Å². The van der Waals surface area contributed by atoms with Crippen LogP contribution in [0, 0.1) is 11.3 Å². The number of nitriles is 1. The van der Waals surface area contributed by atoms with E-state index in [9.17, 15) is 5.11 Å². The monoisotopic (exact) mass is 282 g/mol. The largest absolute Gasteiger partial charge is 0.508 e. The molecule has 3 nitrogen and oxygen atoms in total. The van der Waals surface area contributed by atoms with Gasteiger partial charge in [0.2, 0.25) is 0 Å². The summed E-state index contributed by atoms with van der Waals surface area (Å²) in [7, 11) is 0. The van der Waals surface area contributed by atoms with E-state index in [1.54, 1.807) is 12.1 Å². The molecule has 0 saturated carbocycles. The van der Waals surface area contributed by atoms with Crippen LogP contribution in [-0.4, -0.2) is 10.6 Å². The summed E-state index contributed by atoms with van der Waals surface area (Å²) in [5.41, 5.74) is 2.44.